The third kappa shape index (κ3) is 3.46. The van der Waals surface area contributed by atoms with E-state index in [1.807, 2.05) is 18.2 Å². The molecule has 1 aromatic heterocycles. The third-order valence-corrected chi connectivity index (χ3v) is 4.53. The standard InChI is InChI=1S/C19H17ClFN3O/c20-14-7-12(3-4-15(14)21)24-17-5-6-23-18-9-19(16(22)8-13(17)18)25-10-11-1-2-11/h3-9,11H,1-2,10,22H2,(H,23,24). The number of nitrogens with one attached hydrogen (secondary N) is 1. The Morgan fingerprint density at radius 3 is 2.84 bits per heavy atom. The summed E-state index contributed by atoms with van der Waals surface area (Å²) in [5.74, 6) is 0.863. The fraction of sp³-hybridized carbons (Fsp3) is 0.211. The molecule has 3 N–H and O–H groups in total. The minimum absolute atomic E-state index is 0.0682. The monoisotopic (exact) mass is 357 g/mol. The molecule has 0 amide bonds. The van der Waals surface area contributed by atoms with E-state index in [4.69, 9.17) is 22.1 Å². The van der Waals surface area contributed by atoms with Crippen LogP contribution in [0.5, 0.6) is 5.75 Å². The van der Waals surface area contributed by atoms with E-state index >= 15 is 0 Å². The number of halogens is 2. The van der Waals surface area contributed by atoms with Crippen LogP contribution in [0.3, 0.4) is 0 Å². The molecule has 4 rings (SSSR count). The summed E-state index contributed by atoms with van der Waals surface area (Å²) in [4.78, 5) is 4.40. The summed E-state index contributed by atoms with van der Waals surface area (Å²) in [6.07, 6.45) is 4.15. The Bertz CT molecular complexity index is 943. The first kappa shape index (κ1) is 16.0. The molecule has 0 atom stereocenters. The van der Waals surface area contributed by atoms with Crippen LogP contribution in [-0.4, -0.2) is 11.6 Å². The van der Waals surface area contributed by atoms with Crippen LogP contribution in [0.2, 0.25) is 5.02 Å². The lowest BCUT2D eigenvalue weighted by Gasteiger charge is -2.13. The Morgan fingerprint density at radius 1 is 1.24 bits per heavy atom. The molecule has 0 spiro atoms. The summed E-state index contributed by atoms with van der Waals surface area (Å²) in [7, 11) is 0. The number of hydrogen-bond acceptors (Lipinski definition) is 4. The summed E-state index contributed by atoms with van der Waals surface area (Å²) in [6.45, 7) is 0.696. The van der Waals surface area contributed by atoms with Gasteiger partial charge in [0.15, 0.2) is 0 Å². The maximum Gasteiger partial charge on any atom is 0.144 e. The highest BCUT2D eigenvalue weighted by atomic mass is 35.5. The Kier molecular flexibility index (Phi) is 4.09. The number of hydrogen-bond donors (Lipinski definition) is 2. The molecule has 1 saturated carbocycles. The van der Waals surface area contributed by atoms with E-state index in [1.165, 1.54) is 18.9 Å². The van der Waals surface area contributed by atoms with Gasteiger partial charge in [-0.1, -0.05) is 11.6 Å². The van der Waals surface area contributed by atoms with Gasteiger partial charge in [-0.15, -0.1) is 0 Å². The van der Waals surface area contributed by atoms with Crippen molar-refractivity contribution in [2.75, 3.05) is 17.7 Å². The number of anilines is 3. The first-order chi connectivity index (χ1) is 12.1. The normalized spacial score (nSPS) is 13.8. The largest absolute Gasteiger partial charge is 0.491 e. The lowest BCUT2D eigenvalue weighted by atomic mass is 10.1. The smallest absolute Gasteiger partial charge is 0.144 e. The fourth-order valence-corrected chi connectivity index (χ4v) is 2.83. The zero-order valence-corrected chi connectivity index (χ0v) is 14.2. The van der Waals surface area contributed by atoms with Gasteiger partial charge in [0.05, 0.1) is 22.8 Å². The molecule has 0 saturated heterocycles. The molecule has 0 bridgehead atoms. The number of aromatic nitrogens is 1. The summed E-state index contributed by atoms with van der Waals surface area (Å²) in [6, 6.07) is 10.0. The van der Waals surface area contributed by atoms with Gasteiger partial charge in [-0.05, 0) is 49.1 Å². The highest BCUT2D eigenvalue weighted by Gasteiger charge is 2.22. The summed E-state index contributed by atoms with van der Waals surface area (Å²) in [5, 5.41) is 4.16. The third-order valence-electron chi connectivity index (χ3n) is 4.24. The minimum atomic E-state index is -0.450. The van der Waals surface area contributed by atoms with Crippen molar-refractivity contribution in [3.63, 3.8) is 0 Å². The van der Waals surface area contributed by atoms with Crippen LogP contribution in [0, 0.1) is 11.7 Å². The SMILES string of the molecule is Nc1cc2c(Nc3ccc(F)c(Cl)c3)ccnc2cc1OCC1CC1. The number of pyridine rings is 1. The van der Waals surface area contributed by atoms with Crippen LogP contribution < -0.4 is 15.8 Å². The molecule has 0 unspecified atom stereocenters. The maximum atomic E-state index is 13.3. The molecule has 4 nitrogen and oxygen atoms in total. The Hall–Kier alpha value is -2.53. The van der Waals surface area contributed by atoms with Gasteiger partial charge in [0.25, 0.3) is 0 Å². The van der Waals surface area contributed by atoms with Crippen molar-refractivity contribution < 1.29 is 9.13 Å². The van der Waals surface area contributed by atoms with Gasteiger partial charge in [0.2, 0.25) is 0 Å². The van der Waals surface area contributed by atoms with E-state index in [0.29, 0.717) is 29.6 Å². The lowest BCUT2D eigenvalue weighted by Crippen LogP contribution is -2.02. The van der Waals surface area contributed by atoms with Gasteiger partial charge in [-0.3, -0.25) is 4.98 Å². The van der Waals surface area contributed by atoms with Crippen molar-refractivity contribution in [1.82, 2.24) is 4.98 Å². The average molecular weight is 358 g/mol. The summed E-state index contributed by atoms with van der Waals surface area (Å²) < 4.78 is 19.1. The molecule has 3 aromatic rings. The quantitative estimate of drug-likeness (QED) is 0.620. The average Bonchev–Trinajstić information content (AvgIpc) is 3.41. The van der Waals surface area contributed by atoms with Crippen molar-refractivity contribution in [3.8, 4) is 5.75 Å². The second-order valence-corrected chi connectivity index (χ2v) is 6.68. The van der Waals surface area contributed by atoms with Crippen molar-refractivity contribution in [2.24, 2.45) is 5.92 Å². The van der Waals surface area contributed by atoms with Crippen LogP contribution in [-0.2, 0) is 0 Å². The van der Waals surface area contributed by atoms with Crippen molar-refractivity contribution in [1.29, 1.82) is 0 Å². The van der Waals surface area contributed by atoms with Gasteiger partial charge in [0, 0.05) is 29.0 Å². The number of benzene rings is 2. The molecular weight excluding hydrogens is 341 g/mol. The van der Waals surface area contributed by atoms with Crippen LogP contribution in [0.1, 0.15) is 12.8 Å². The van der Waals surface area contributed by atoms with Crippen LogP contribution in [0.15, 0.2) is 42.6 Å². The Balaban J connectivity index is 1.66. The Labute approximate surface area is 149 Å². The van der Waals surface area contributed by atoms with E-state index < -0.39 is 5.82 Å². The topological polar surface area (TPSA) is 60.2 Å². The van der Waals surface area contributed by atoms with Crippen molar-refractivity contribution in [3.05, 3.63) is 53.4 Å². The first-order valence-electron chi connectivity index (χ1n) is 8.13. The molecule has 1 fully saturated rings. The molecule has 1 aliphatic rings. The van der Waals surface area contributed by atoms with E-state index in [-0.39, 0.29) is 5.02 Å². The van der Waals surface area contributed by atoms with E-state index in [9.17, 15) is 4.39 Å². The van der Waals surface area contributed by atoms with Crippen molar-refractivity contribution in [2.45, 2.75) is 12.8 Å². The number of nitrogens with zero attached hydrogens (tertiary/aromatic N) is 1. The first-order valence-corrected chi connectivity index (χ1v) is 8.51. The van der Waals surface area contributed by atoms with Gasteiger partial charge in [-0.25, -0.2) is 4.39 Å². The van der Waals surface area contributed by atoms with Crippen molar-refractivity contribution >= 4 is 39.6 Å². The second-order valence-electron chi connectivity index (χ2n) is 6.27. The molecule has 2 aromatic carbocycles. The zero-order valence-electron chi connectivity index (χ0n) is 13.4. The summed E-state index contributed by atoms with van der Waals surface area (Å²) >= 11 is 5.85. The predicted octanol–water partition coefficient (Wildman–Crippen LogP) is 5.14. The lowest BCUT2D eigenvalue weighted by molar-refractivity contribution is 0.301. The maximum absolute atomic E-state index is 13.3. The number of nitrogen functional groups attached to an aromatic ring is 1. The van der Waals surface area contributed by atoms with E-state index in [0.717, 1.165) is 16.6 Å². The van der Waals surface area contributed by atoms with E-state index in [1.54, 1.807) is 18.3 Å². The molecular formula is C19H17ClFN3O. The van der Waals surface area contributed by atoms with Gasteiger partial charge in [-0.2, -0.15) is 0 Å². The summed E-state index contributed by atoms with van der Waals surface area (Å²) in [5.41, 5.74) is 8.99. The molecule has 128 valence electrons. The second kappa shape index (κ2) is 6.41. The highest BCUT2D eigenvalue weighted by molar-refractivity contribution is 6.31. The molecule has 1 aliphatic carbocycles. The van der Waals surface area contributed by atoms with Crippen LogP contribution in [0.25, 0.3) is 10.9 Å². The van der Waals surface area contributed by atoms with Gasteiger partial charge < -0.3 is 15.8 Å². The predicted molar refractivity (Wildman–Crippen MR) is 99.1 cm³/mol. The van der Waals surface area contributed by atoms with E-state index in [2.05, 4.69) is 10.3 Å². The van der Waals surface area contributed by atoms with Gasteiger partial charge >= 0.3 is 0 Å². The van der Waals surface area contributed by atoms with Crippen LogP contribution >= 0.6 is 11.6 Å². The molecule has 0 radical (unpaired) electrons. The molecule has 0 aliphatic heterocycles. The number of fused-ring (bicyclic) bond motifs is 1. The number of ether oxygens (including phenoxy) is 1. The molecule has 1 heterocycles. The van der Waals surface area contributed by atoms with Gasteiger partial charge in [0.1, 0.15) is 11.6 Å². The molecule has 25 heavy (non-hydrogen) atoms. The molecule has 6 heteroatoms. The number of nitrogens with two attached hydrogens (primary N) is 1. The number of rotatable bonds is 5. The minimum Gasteiger partial charge on any atom is -0.491 e. The van der Waals surface area contributed by atoms with Crippen LogP contribution in [0.4, 0.5) is 21.5 Å². The fourth-order valence-electron chi connectivity index (χ4n) is 2.65. The highest BCUT2D eigenvalue weighted by Crippen LogP contribution is 2.35. The zero-order chi connectivity index (χ0) is 17.4. The Morgan fingerprint density at radius 2 is 2.08 bits per heavy atom.